The molecule has 214 valence electrons. The summed E-state index contributed by atoms with van der Waals surface area (Å²) < 4.78 is 33.6. The van der Waals surface area contributed by atoms with Gasteiger partial charge in [0.1, 0.15) is 0 Å². The first-order valence-electron chi connectivity index (χ1n) is 13.6. The van der Waals surface area contributed by atoms with Crippen LogP contribution in [0.4, 0.5) is 0 Å². The maximum Gasteiger partial charge on any atom is 0.243 e. The van der Waals surface area contributed by atoms with Crippen LogP contribution in [-0.4, -0.2) is 105 Å². The largest absolute Gasteiger partial charge is 0.405 e. The van der Waals surface area contributed by atoms with E-state index in [0.717, 1.165) is 38.0 Å². The lowest BCUT2D eigenvalue weighted by molar-refractivity contribution is -0.138. The van der Waals surface area contributed by atoms with E-state index in [0.29, 0.717) is 69.6 Å². The number of piperazine rings is 1. The number of carbonyl (C=O) groups is 1. The molecule has 39 heavy (non-hydrogen) atoms. The summed E-state index contributed by atoms with van der Waals surface area (Å²) in [4.78, 5) is 20.0. The summed E-state index contributed by atoms with van der Waals surface area (Å²) in [6.07, 6.45) is 8.84. The maximum atomic E-state index is 13.4. The van der Waals surface area contributed by atoms with Gasteiger partial charge in [0.15, 0.2) is 0 Å². The van der Waals surface area contributed by atoms with Crippen molar-refractivity contribution in [3.8, 4) is 0 Å². The van der Waals surface area contributed by atoms with Gasteiger partial charge in [-0.15, -0.1) is 0 Å². The molecule has 1 aromatic carbocycles. The van der Waals surface area contributed by atoms with Crippen molar-refractivity contribution in [3.05, 3.63) is 65.4 Å². The molecule has 1 amide bonds. The first kappa shape index (κ1) is 29.8. The first-order valence-corrected chi connectivity index (χ1v) is 15.4. The van der Waals surface area contributed by atoms with Gasteiger partial charge in [0.05, 0.1) is 18.1 Å². The summed E-state index contributed by atoms with van der Waals surface area (Å²) in [5.74, 6) is 0.268. The molecule has 1 aromatic rings. The number of piperidine rings is 1. The molecule has 9 nitrogen and oxygen atoms in total. The standard InChI is InChI=1S/C28H40ClN5O4S/c1-2-4-23(7-10-30)21-31-11-8-24(9-12-31)28(35)33-15-13-32(14-16-33)22-25-26(29)5-3-6-27(25)39(36,37)34-17-19-38-20-18-34/h2-7,10,24H,1,8-9,11-22,30H2/b10-7-,23-4+. The van der Waals surface area contributed by atoms with Gasteiger partial charge in [-0.1, -0.05) is 36.4 Å². The predicted octanol–water partition coefficient (Wildman–Crippen LogP) is 2.30. The summed E-state index contributed by atoms with van der Waals surface area (Å²) in [5.41, 5.74) is 7.28. The number of halogens is 1. The number of morpholine rings is 1. The van der Waals surface area contributed by atoms with E-state index in [1.54, 1.807) is 30.5 Å². The summed E-state index contributed by atoms with van der Waals surface area (Å²) in [6.45, 7) is 10.8. The maximum absolute atomic E-state index is 13.4. The number of ether oxygens (including phenoxy) is 1. The molecule has 3 saturated heterocycles. The van der Waals surface area contributed by atoms with Crippen LogP contribution in [-0.2, 0) is 26.1 Å². The second kappa shape index (κ2) is 13.9. The third-order valence-corrected chi connectivity index (χ3v) is 10.1. The smallest absolute Gasteiger partial charge is 0.243 e. The number of rotatable bonds is 9. The van der Waals surface area contributed by atoms with Gasteiger partial charge in [0, 0.05) is 68.9 Å². The molecular formula is C28H40ClN5O4S. The van der Waals surface area contributed by atoms with Crippen LogP contribution >= 0.6 is 11.6 Å². The van der Waals surface area contributed by atoms with Crippen molar-refractivity contribution in [1.82, 2.24) is 19.0 Å². The highest BCUT2D eigenvalue weighted by atomic mass is 35.5. The number of hydrogen-bond donors (Lipinski definition) is 1. The van der Waals surface area contributed by atoms with Gasteiger partial charge in [-0.2, -0.15) is 4.31 Å². The second-order valence-corrected chi connectivity index (χ2v) is 12.5. The summed E-state index contributed by atoms with van der Waals surface area (Å²) in [5, 5.41) is 0.447. The van der Waals surface area contributed by atoms with E-state index in [-0.39, 0.29) is 16.7 Å². The molecule has 11 heteroatoms. The highest BCUT2D eigenvalue weighted by molar-refractivity contribution is 7.89. The van der Waals surface area contributed by atoms with Crippen LogP contribution in [0, 0.1) is 5.92 Å². The predicted molar refractivity (Wildman–Crippen MR) is 154 cm³/mol. The van der Waals surface area contributed by atoms with E-state index in [1.807, 2.05) is 17.1 Å². The Morgan fingerprint density at radius 2 is 1.74 bits per heavy atom. The Balaban J connectivity index is 1.31. The lowest BCUT2D eigenvalue weighted by Gasteiger charge is -2.39. The van der Waals surface area contributed by atoms with Crippen molar-refractivity contribution in [2.45, 2.75) is 24.3 Å². The minimum atomic E-state index is -3.67. The van der Waals surface area contributed by atoms with Crippen molar-refractivity contribution in [3.63, 3.8) is 0 Å². The quantitative estimate of drug-likeness (QED) is 0.450. The number of hydrogen-bond acceptors (Lipinski definition) is 7. The number of sulfonamides is 1. The van der Waals surface area contributed by atoms with Gasteiger partial charge in [-0.3, -0.25) is 14.6 Å². The topological polar surface area (TPSA) is 99.4 Å². The first-order chi connectivity index (χ1) is 18.8. The average Bonchev–Trinajstić information content (AvgIpc) is 2.95. The van der Waals surface area contributed by atoms with E-state index in [9.17, 15) is 13.2 Å². The van der Waals surface area contributed by atoms with Gasteiger partial charge >= 0.3 is 0 Å². The van der Waals surface area contributed by atoms with Crippen LogP contribution in [0.15, 0.2) is 59.7 Å². The van der Waals surface area contributed by atoms with Crippen LogP contribution in [0.1, 0.15) is 18.4 Å². The Morgan fingerprint density at radius 1 is 1.05 bits per heavy atom. The molecule has 0 aromatic heterocycles. The third kappa shape index (κ3) is 7.50. The van der Waals surface area contributed by atoms with E-state index < -0.39 is 10.0 Å². The van der Waals surface area contributed by atoms with Crippen molar-refractivity contribution in [2.24, 2.45) is 11.7 Å². The van der Waals surface area contributed by atoms with Crippen LogP contribution in [0.25, 0.3) is 0 Å². The summed E-state index contributed by atoms with van der Waals surface area (Å²) in [7, 11) is -3.67. The molecule has 3 aliphatic rings. The van der Waals surface area contributed by atoms with Crippen molar-refractivity contribution in [1.29, 1.82) is 0 Å². The Morgan fingerprint density at radius 3 is 2.38 bits per heavy atom. The number of likely N-dealkylation sites (tertiary alicyclic amines) is 1. The lowest BCUT2D eigenvalue weighted by atomic mass is 9.94. The fraction of sp³-hybridized carbons (Fsp3) is 0.536. The molecular weight excluding hydrogens is 538 g/mol. The third-order valence-electron chi connectivity index (χ3n) is 7.71. The van der Waals surface area contributed by atoms with Crippen LogP contribution < -0.4 is 5.73 Å². The molecule has 4 rings (SSSR count). The van der Waals surface area contributed by atoms with Gasteiger partial charge in [-0.25, -0.2) is 8.42 Å². The number of amides is 1. The zero-order chi connectivity index (χ0) is 27.8. The zero-order valence-electron chi connectivity index (χ0n) is 22.5. The Hall–Kier alpha value is -2.21. The van der Waals surface area contributed by atoms with E-state index >= 15 is 0 Å². The minimum absolute atomic E-state index is 0.0403. The van der Waals surface area contributed by atoms with Crippen molar-refractivity contribution < 1.29 is 17.9 Å². The average molecular weight is 578 g/mol. The van der Waals surface area contributed by atoms with E-state index in [1.165, 1.54) is 4.31 Å². The van der Waals surface area contributed by atoms with Gasteiger partial charge < -0.3 is 15.4 Å². The van der Waals surface area contributed by atoms with E-state index in [2.05, 4.69) is 16.4 Å². The molecule has 3 heterocycles. The fourth-order valence-electron chi connectivity index (χ4n) is 5.50. The van der Waals surface area contributed by atoms with Gasteiger partial charge in [0.2, 0.25) is 15.9 Å². The highest BCUT2D eigenvalue weighted by Crippen LogP contribution is 2.29. The molecule has 3 aliphatic heterocycles. The normalized spacial score (nSPS) is 21.5. The molecule has 0 radical (unpaired) electrons. The fourth-order valence-corrected chi connectivity index (χ4v) is 7.44. The van der Waals surface area contributed by atoms with Crippen molar-refractivity contribution in [2.75, 3.05) is 72.1 Å². The zero-order valence-corrected chi connectivity index (χ0v) is 24.1. The molecule has 0 atom stereocenters. The number of benzene rings is 1. The summed E-state index contributed by atoms with van der Waals surface area (Å²) >= 11 is 6.53. The SMILES string of the molecule is C=C/C=C(\C=C/N)CN1CCC(C(=O)N2CCN(Cc3c(Cl)cccc3S(=O)(=O)N3CCOCC3)CC2)CC1. The number of carbonyl (C=O) groups excluding carboxylic acids is 1. The highest BCUT2D eigenvalue weighted by Gasteiger charge is 2.33. The second-order valence-electron chi connectivity index (χ2n) is 10.2. The molecule has 0 saturated carbocycles. The van der Waals surface area contributed by atoms with Gasteiger partial charge in [-0.05, 0) is 55.9 Å². The van der Waals surface area contributed by atoms with Crippen LogP contribution in [0.5, 0.6) is 0 Å². The van der Waals surface area contributed by atoms with Crippen LogP contribution in [0.2, 0.25) is 5.02 Å². The summed E-state index contributed by atoms with van der Waals surface area (Å²) in [6, 6.07) is 5.07. The molecule has 0 bridgehead atoms. The number of nitrogens with two attached hydrogens (primary N) is 1. The Labute approximate surface area is 237 Å². The monoisotopic (exact) mass is 577 g/mol. The lowest BCUT2D eigenvalue weighted by Crippen LogP contribution is -2.51. The Bertz CT molecular complexity index is 1170. The minimum Gasteiger partial charge on any atom is -0.405 e. The van der Waals surface area contributed by atoms with Crippen LogP contribution in [0.3, 0.4) is 0 Å². The number of nitrogens with zero attached hydrogens (tertiary/aromatic N) is 4. The van der Waals surface area contributed by atoms with E-state index in [4.69, 9.17) is 22.1 Å². The Kier molecular flexibility index (Phi) is 10.6. The molecule has 0 unspecified atom stereocenters. The molecule has 0 spiro atoms. The molecule has 3 fully saturated rings. The van der Waals surface area contributed by atoms with Crippen molar-refractivity contribution >= 4 is 27.5 Å². The number of allylic oxidation sites excluding steroid dienone is 2. The molecule has 0 aliphatic carbocycles. The molecule has 2 N–H and O–H groups in total. The van der Waals surface area contributed by atoms with Gasteiger partial charge in [0.25, 0.3) is 0 Å².